The van der Waals surface area contributed by atoms with Gasteiger partial charge in [-0.1, -0.05) is 49.2 Å². The van der Waals surface area contributed by atoms with Crippen molar-refractivity contribution < 1.29 is 33.8 Å². The van der Waals surface area contributed by atoms with Crippen LogP contribution < -0.4 is 20.9 Å². The number of aromatic nitrogens is 6. The number of nitrogens with zero attached hydrogens (tertiary/aromatic N) is 5. The van der Waals surface area contributed by atoms with Crippen LogP contribution in [-0.2, 0) is 19.1 Å². The number of fused-ring (bicyclic) bond motifs is 2. The number of nitrogens with one attached hydrogen (secondary N) is 5. The maximum Gasteiger partial charge on any atom is 0.406 e. The number of hydrogen-bond donors (Lipinski definition) is 6. The molecule has 0 fully saturated rings. The van der Waals surface area contributed by atoms with E-state index in [9.17, 15) is 19.2 Å². The number of carboxylic acids is 1. The third-order valence-electron chi connectivity index (χ3n) is 9.02. The van der Waals surface area contributed by atoms with Crippen LogP contribution in [0.2, 0.25) is 0 Å². The molecule has 17 heteroatoms. The highest BCUT2D eigenvalue weighted by Gasteiger charge is 2.17. The van der Waals surface area contributed by atoms with Crippen molar-refractivity contribution in [2.45, 2.75) is 40.5 Å². The standard InChI is InChI=1S/C22H25N5O3.C11H11N3O2.C11H16N2O2/c1-4-16(20-18-6-5-11-23-21(18)26-25-20)14-19(28)27(13-12-24-22(29)30-3)17-9-7-15(2)8-10-17;1-2-7(6-9(15)16)10-8-4-3-5-12-11(8)14-13-10;1-9-3-5-10(6-4-9)12-7-8-13-11(14)15-2/h5-11,14H,4,12-13H2,1-3H3,(H,24,29)(H,23,25,26);3-6H,2H2,1H3,(H,15,16)(H,12,13,14);3-6,12H,7-8H2,1-2H3,(H,13,14)/b16-14+;7-6+;. The summed E-state index contributed by atoms with van der Waals surface area (Å²) in [4.78, 5) is 55.9. The van der Waals surface area contributed by atoms with Crippen molar-refractivity contribution in [2.75, 3.05) is 50.6 Å². The number of H-pyrrole nitrogens is 2. The van der Waals surface area contributed by atoms with E-state index in [4.69, 9.17) is 5.11 Å². The molecule has 17 nitrogen and oxygen atoms in total. The Bertz CT molecular complexity index is 2420. The van der Waals surface area contributed by atoms with Crippen molar-refractivity contribution >= 4 is 68.7 Å². The number of amides is 3. The lowest BCUT2D eigenvalue weighted by atomic mass is 10.1. The van der Waals surface area contributed by atoms with Crippen molar-refractivity contribution in [2.24, 2.45) is 0 Å². The fraction of sp³-hybridized carbons (Fsp3) is 0.273. The highest BCUT2D eigenvalue weighted by molar-refractivity contribution is 6.07. The fourth-order valence-corrected chi connectivity index (χ4v) is 5.82. The van der Waals surface area contributed by atoms with Crippen LogP contribution in [0.5, 0.6) is 0 Å². The predicted octanol–water partition coefficient (Wildman–Crippen LogP) is 7.05. The Morgan fingerprint density at radius 3 is 1.67 bits per heavy atom. The second kappa shape index (κ2) is 23.7. The molecule has 0 radical (unpaired) electrons. The van der Waals surface area contributed by atoms with Crippen molar-refractivity contribution in [1.29, 1.82) is 0 Å². The molecular formula is C44H52N10O7. The van der Waals surface area contributed by atoms with Gasteiger partial charge in [0, 0.05) is 72.9 Å². The average molecular weight is 833 g/mol. The molecule has 320 valence electrons. The monoisotopic (exact) mass is 832 g/mol. The van der Waals surface area contributed by atoms with E-state index in [1.807, 2.05) is 94.4 Å². The molecule has 6 N–H and O–H groups in total. The number of carbonyl (C=O) groups is 4. The number of allylic oxidation sites excluding steroid dienone is 2. The zero-order valence-electron chi connectivity index (χ0n) is 35.1. The molecule has 0 unspecified atom stereocenters. The SMILES string of the molecule is CC/C(=C\C(=O)N(CCNC(=O)OC)c1ccc(C)cc1)c1[nH]nc2ncccc12.CC/C(=C\C(=O)O)c1[nH]nc2ncccc12.COC(=O)NCCNc1ccc(C)cc1. The number of carbonyl (C=O) groups excluding carboxylic acids is 3. The van der Waals surface area contributed by atoms with Gasteiger partial charge in [-0.05, 0) is 86.4 Å². The molecule has 6 aromatic rings. The van der Waals surface area contributed by atoms with Crippen molar-refractivity contribution in [3.8, 4) is 0 Å². The molecule has 0 saturated heterocycles. The highest BCUT2D eigenvalue weighted by Crippen LogP contribution is 2.25. The Morgan fingerprint density at radius 1 is 0.689 bits per heavy atom. The molecule has 0 atom stereocenters. The van der Waals surface area contributed by atoms with E-state index in [0.717, 1.165) is 44.7 Å². The first-order valence-electron chi connectivity index (χ1n) is 19.5. The van der Waals surface area contributed by atoms with Gasteiger partial charge in [-0.15, -0.1) is 0 Å². The number of benzene rings is 2. The van der Waals surface area contributed by atoms with Gasteiger partial charge in [0.1, 0.15) is 0 Å². The molecule has 4 aromatic heterocycles. The van der Waals surface area contributed by atoms with Crippen LogP contribution >= 0.6 is 0 Å². The van der Waals surface area contributed by atoms with Gasteiger partial charge < -0.3 is 35.4 Å². The minimum Gasteiger partial charge on any atom is -0.478 e. The molecule has 6 rings (SSSR count). The lowest BCUT2D eigenvalue weighted by molar-refractivity contribution is -0.131. The molecule has 0 saturated carbocycles. The lowest BCUT2D eigenvalue weighted by Gasteiger charge is -2.22. The van der Waals surface area contributed by atoms with Crippen LogP contribution in [0.1, 0.15) is 49.2 Å². The van der Waals surface area contributed by atoms with Gasteiger partial charge in [0.05, 0.1) is 25.6 Å². The average Bonchev–Trinajstić information content (AvgIpc) is 3.91. The normalized spacial score (nSPS) is 11.0. The van der Waals surface area contributed by atoms with E-state index < -0.39 is 18.2 Å². The van der Waals surface area contributed by atoms with Crippen LogP contribution in [0.4, 0.5) is 21.0 Å². The minimum atomic E-state index is -0.955. The highest BCUT2D eigenvalue weighted by atomic mass is 16.5. The zero-order valence-corrected chi connectivity index (χ0v) is 35.1. The van der Waals surface area contributed by atoms with E-state index in [2.05, 4.69) is 55.8 Å². The largest absolute Gasteiger partial charge is 0.478 e. The Labute approximate surface area is 353 Å². The predicted molar refractivity (Wildman–Crippen MR) is 236 cm³/mol. The van der Waals surface area contributed by atoms with Crippen LogP contribution in [0, 0.1) is 13.8 Å². The number of aliphatic carboxylic acids is 1. The Hall–Kier alpha value is -7.56. The van der Waals surface area contributed by atoms with Gasteiger partial charge in [0.25, 0.3) is 5.91 Å². The van der Waals surface area contributed by atoms with Gasteiger partial charge in [-0.2, -0.15) is 10.2 Å². The topological polar surface area (TPSA) is 229 Å². The van der Waals surface area contributed by atoms with E-state index in [1.54, 1.807) is 29.4 Å². The molecule has 3 amide bonds. The van der Waals surface area contributed by atoms with Crippen LogP contribution in [0.25, 0.3) is 33.2 Å². The number of carboxylic acid groups (broad SMARTS) is 1. The third kappa shape index (κ3) is 14.1. The van der Waals surface area contributed by atoms with Gasteiger partial charge in [-0.25, -0.2) is 24.4 Å². The molecule has 0 bridgehead atoms. The summed E-state index contributed by atoms with van der Waals surface area (Å²) in [6.45, 7) is 9.70. The van der Waals surface area contributed by atoms with E-state index in [0.29, 0.717) is 49.3 Å². The number of aromatic amines is 2. The number of ether oxygens (including phenoxy) is 2. The van der Waals surface area contributed by atoms with Gasteiger partial charge in [0.2, 0.25) is 0 Å². The van der Waals surface area contributed by atoms with Crippen molar-refractivity contribution in [3.05, 3.63) is 120 Å². The second-order valence-electron chi connectivity index (χ2n) is 13.3. The number of pyridine rings is 2. The minimum absolute atomic E-state index is 0.186. The van der Waals surface area contributed by atoms with E-state index in [1.165, 1.54) is 25.9 Å². The van der Waals surface area contributed by atoms with Crippen molar-refractivity contribution in [1.82, 2.24) is 41.0 Å². The molecule has 0 spiro atoms. The van der Waals surface area contributed by atoms with E-state index >= 15 is 0 Å². The first-order chi connectivity index (χ1) is 29.5. The number of aryl methyl sites for hydroxylation is 2. The summed E-state index contributed by atoms with van der Waals surface area (Å²) in [5, 5.41) is 32.9. The first-order valence-corrected chi connectivity index (χ1v) is 19.5. The quantitative estimate of drug-likeness (QED) is 0.0479. The maximum absolute atomic E-state index is 13.2. The summed E-state index contributed by atoms with van der Waals surface area (Å²) in [6.07, 6.45) is 6.46. The Balaban J connectivity index is 0.000000222. The molecule has 61 heavy (non-hydrogen) atoms. The molecule has 0 aliphatic rings. The van der Waals surface area contributed by atoms with Gasteiger partial charge in [0.15, 0.2) is 11.3 Å². The van der Waals surface area contributed by atoms with Crippen LogP contribution in [0.3, 0.4) is 0 Å². The molecule has 0 aliphatic carbocycles. The fourth-order valence-electron chi connectivity index (χ4n) is 5.82. The number of anilines is 2. The number of hydrogen-bond acceptors (Lipinski definition) is 11. The smallest absolute Gasteiger partial charge is 0.406 e. The lowest BCUT2D eigenvalue weighted by Crippen LogP contribution is -2.38. The molecule has 0 aliphatic heterocycles. The summed E-state index contributed by atoms with van der Waals surface area (Å²) in [7, 11) is 2.65. The Morgan fingerprint density at radius 2 is 1.18 bits per heavy atom. The summed E-state index contributed by atoms with van der Waals surface area (Å²) in [5.41, 5.74) is 8.38. The zero-order chi connectivity index (χ0) is 44.1. The molecule has 2 aromatic carbocycles. The summed E-state index contributed by atoms with van der Waals surface area (Å²) >= 11 is 0. The summed E-state index contributed by atoms with van der Waals surface area (Å²) in [6, 6.07) is 23.2. The number of alkyl carbamates (subject to hydrolysis) is 2. The van der Waals surface area contributed by atoms with Gasteiger partial charge >= 0.3 is 18.2 Å². The summed E-state index contributed by atoms with van der Waals surface area (Å²) < 4.78 is 9.04. The van der Waals surface area contributed by atoms with E-state index in [-0.39, 0.29) is 12.5 Å². The van der Waals surface area contributed by atoms with Crippen molar-refractivity contribution in [3.63, 3.8) is 0 Å². The third-order valence-corrected chi connectivity index (χ3v) is 9.02. The molecule has 4 heterocycles. The summed E-state index contributed by atoms with van der Waals surface area (Å²) in [5.74, 6) is -1.14. The Kier molecular flexibility index (Phi) is 18.0. The van der Waals surface area contributed by atoms with Gasteiger partial charge in [-0.3, -0.25) is 15.0 Å². The molecular weight excluding hydrogens is 781 g/mol. The first kappa shape index (κ1) is 46.1. The number of methoxy groups -OCH3 is 2. The van der Waals surface area contributed by atoms with Crippen LogP contribution in [-0.4, -0.2) is 99.9 Å². The number of rotatable bonds is 14. The second-order valence-corrected chi connectivity index (χ2v) is 13.3. The van der Waals surface area contributed by atoms with Crippen LogP contribution in [0.15, 0.2) is 97.3 Å². The maximum atomic E-state index is 13.2.